The van der Waals surface area contributed by atoms with Crippen LogP contribution >= 0.6 is 0 Å². The summed E-state index contributed by atoms with van der Waals surface area (Å²) in [6.07, 6.45) is 13.8. The highest BCUT2D eigenvalue weighted by Gasteiger charge is 2.36. The number of hydrogen-bond acceptors (Lipinski definition) is 8. The topological polar surface area (TPSA) is 95.0 Å². The summed E-state index contributed by atoms with van der Waals surface area (Å²) in [5.74, 6) is 1.55. The number of cyclic esters (lactones) is 1. The number of nitrogens with one attached hydrogen (secondary N) is 1. The van der Waals surface area contributed by atoms with Crippen LogP contribution in [0.4, 0.5) is 4.79 Å². The molecule has 182 valence electrons. The van der Waals surface area contributed by atoms with Gasteiger partial charge in [-0.25, -0.2) is 14.7 Å². The van der Waals surface area contributed by atoms with E-state index < -0.39 is 6.09 Å². The molecule has 1 saturated heterocycles. The molecule has 2 aliphatic heterocycles. The minimum atomic E-state index is -0.436. The lowest BCUT2D eigenvalue weighted by Gasteiger charge is -2.23. The van der Waals surface area contributed by atoms with Gasteiger partial charge in [-0.2, -0.15) is 0 Å². The molecular weight excluding hydrogens is 448 g/mol. The molecule has 0 saturated carbocycles. The fourth-order valence-corrected chi connectivity index (χ4v) is 4.23. The van der Waals surface area contributed by atoms with Gasteiger partial charge in [0.2, 0.25) is 11.8 Å². The van der Waals surface area contributed by atoms with Crippen molar-refractivity contribution in [2.75, 3.05) is 26.7 Å². The summed E-state index contributed by atoms with van der Waals surface area (Å²) in [5, 5.41) is 3.39. The van der Waals surface area contributed by atoms with Crippen molar-refractivity contribution in [2.24, 2.45) is 0 Å². The predicted molar refractivity (Wildman–Crippen MR) is 129 cm³/mol. The van der Waals surface area contributed by atoms with Crippen molar-refractivity contribution < 1.29 is 23.7 Å². The number of carbonyl (C=O) groups excluding carboxylic acids is 1. The van der Waals surface area contributed by atoms with Crippen molar-refractivity contribution in [2.45, 2.75) is 31.8 Å². The molecule has 1 atom stereocenters. The fraction of sp³-hybridized carbons (Fsp3) is 0.346. The van der Waals surface area contributed by atoms with Crippen LogP contribution in [0.1, 0.15) is 24.8 Å². The molecule has 0 radical (unpaired) electrons. The summed E-state index contributed by atoms with van der Waals surface area (Å²) in [7, 11) is 1.61. The van der Waals surface area contributed by atoms with Gasteiger partial charge in [-0.15, -0.1) is 0 Å². The third-order valence-corrected chi connectivity index (χ3v) is 6.05. The van der Waals surface area contributed by atoms with Crippen molar-refractivity contribution in [3.8, 4) is 5.88 Å². The molecule has 0 unspecified atom stereocenters. The normalized spacial score (nSPS) is 19.5. The number of hydrogen-bond donors (Lipinski definition) is 1. The van der Waals surface area contributed by atoms with E-state index in [0.717, 1.165) is 54.4 Å². The molecular formula is C26H28N4O5. The maximum Gasteiger partial charge on any atom is 0.417 e. The number of allylic oxidation sites excluding steroid dienone is 4. The Morgan fingerprint density at radius 1 is 1.26 bits per heavy atom. The molecule has 1 N–H and O–H groups in total. The van der Waals surface area contributed by atoms with Crippen LogP contribution in [0.3, 0.4) is 0 Å². The van der Waals surface area contributed by atoms with E-state index in [2.05, 4.69) is 21.4 Å². The highest BCUT2D eigenvalue weighted by molar-refractivity contribution is 5.78. The Balaban J connectivity index is 1.09. The van der Waals surface area contributed by atoms with Gasteiger partial charge >= 0.3 is 6.09 Å². The molecule has 0 aromatic carbocycles. The standard InChI is InChI=1S/C26H28N4O5/c1-32-23-10-9-21-25(29-23)19(11-13-28-21)8-5-12-27-14-20-15-30(26(31)34-20)24-17-33-16-22(35-24)18-6-3-2-4-7-18/h2-3,6,9-11,13,16-17,20,27H,4-5,7-8,12,14-15H2,1H3/t20-/m1/s1. The van der Waals surface area contributed by atoms with Crippen LogP contribution in [-0.4, -0.2) is 53.8 Å². The smallest absolute Gasteiger partial charge is 0.417 e. The zero-order valence-electron chi connectivity index (χ0n) is 19.6. The number of nitrogens with zero attached hydrogens (tertiary/aromatic N) is 3. The summed E-state index contributed by atoms with van der Waals surface area (Å²) in [6.45, 7) is 1.73. The van der Waals surface area contributed by atoms with Crippen LogP contribution in [0.2, 0.25) is 0 Å². The number of methoxy groups -OCH3 is 1. The second-order valence-electron chi connectivity index (χ2n) is 8.45. The van der Waals surface area contributed by atoms with Crippen molar-refractivity contribution in [3.63, 3.8) is 0 Å². The number of rotatable bonds is 9. The number of fused-ring (bicyclic) bond motifs is 1. The number of ether oxygens (including phenoxy) is 4. The molecule has 9 heteroatoms. The quantitative estimate of drug-likeness (QED) is 0.544. The van der Waals surface area contributed by atoms with Gasteiger partial charge in [-0.1, -0.05) is 18.2 Å². The Hall–Kier alpha value is -3.85. The van der Waals surface area contributed by atoms with Gasteiger partial charge in [0.1, 0.15) is 12.4 Å². The van der Waals surface area contributed by atoms with Gasteiger partial charge in [0, 0.05) is 18.8 Å². The lowest BCUT2D eigenvalue weighted by Crippen LogP contribution is -2.32. The van der Waals surface area contributed by atoms with E-state index in [1.807, 2.05) is 30.4 Å². The molecule has 1 amide bonds. The van der Waals surface area contributed by atoms with Crippen molar-refractivity contribution >= 4 is 17.1 Å². The van der Waals surface area contributed by atoms with Gasteiger partial charge in [-0.05, 0) is 55.5 Å². The summed E-state index contributed by atoms with van der Waals surface area (Å²) in [4.78, 5) is 22.8. The minimum absolute atomic E-state index is 0.272. The van der Waals surface area contributed by atoms with E-state index in [-0.39, 0.29) is 6.10 Å². The van der Waals surface area contributed by atoms with E-state index in [4.69, 9.17) is 18.9 Å². The molecule has 5 rings (SSSR count). The lowest BCUT2D eigenvalue weighted by molar-refractivity contribution is 0.118. The van der Waals surface area contributed by atoms with Crippen LogP contribution in [0, 0.1) is 0 Å². The Bertz CT molecular complexity index is 1220. The van der Waals surface area contributed by atoms with Gasteiger partial charge in [0.05, 0.1) is 24.7 Å². The van der Waals surface area contributed by atoms with Crippen LogP contribution in [0.25, 0.3) is 11.0 Å². The van der Waals surface area contributed by atoms with Crippen LogP contribution in [0.15, 0.2) is 72.4 Å². The Kier molecular flexibility index (Phi) is 6.94. The maximum absolute atomic E-state index is 12.4. The SMILES string of the molecule is COc1ccc2nccc(CCCNC[C@@H]3CN(C4=COC=C(C5=CC=CCC5)O4)C(=O)O3)c2n1. The van der Waals surface area contributed by atoms with E-state index in [1.54, 1.807) is 19.6 Å². The van der Waals surface area contributed by atoms with Gasteiger partial charge < -0.3 is 24.3 Å². The second kappa shape index (κ2) is 10.6. The second-order valence-corrected chi connectivity index (χ2v) is 8.45. The third-order valence-electron chi connectivity index (χ3n) is 6.05. The molecule has 3 aliphatic rings. The molecule has 1 aliphatic carbocycles. The molecule has 0 spiro atoms. The first-order valence-electron chi connectivity index (χ1n) is 11.8. The van der Waals surface area contributed by atoms with Crippen molar-refractivity contribution in [1.29, 1.82) is 0 Å². The number of pyridine rings is 2. The molecule has 4 heterocycles. The van der Waals surface area contributed by atoms with Crippen LogP contribution < -0.4 is 10.1 Å². The van der Waals surface area contributed by atoms with Gasteiger partial charge in [-0.3, -0.25) is 4.98 Å². The highest BCUT2D eigenvalue weighted by atomic mass is 16.6. The molecule has 2 aromatic rings. The lowest BCUT2D eigenvalue weighted by atomic mass is 10.0. The summed E-state index contributed by atoms with van der Waals surface area (Å²) < 4.78 is 22.2. The molecule has 1 fully saturated rings. The number of amides is 1. The predicted octanol–water partition coefficient (Wildman–Crippen LogP) is 3.94. The summed E-state index contributed by atoms with van der Waals surface area (Å²) in [5.41, 5.74) is 3.89. The molecule has 2 aromatic heterocycles. The van der Waals surface area contributed by atoms with Gasteiger partial charge in [0.15, 0.2) is 12.0 Å². The van der Waals surface area contributed by atoms with E-state index in [9.17, 15) is 4.79 Å². The van der Waals surface area contributed by atoms with Crippen molar-refractivity contribution in [3.05, 3.63) is 77.9 Å². The zero-order chi connectivity index (χ0) is 24.0. The number of aryl methyl sites for hydroxylation is 1. The van der Waals surface area contributed by atoms with Crippen molar-refractivity contribution in [1.82, 2.24) is 20.2 Å². The first-order valence-corrected chi connectivity index (χ1v) is 11.8. The first-order chi connectivity index (χ1) is 17.2. The molecule has 35 heavy (non-hydrogen) atoms. The van der Waals surface area contributed by atoms with Gasteiger partial charge in [0.25, 0.3) is 0 Å². The van der Waals surface area contributed by atoms with E-state index in [1.165, 1.54) is 11.2 Å². The summed E-state index contributed by atoms with van der Waals surface area (Å²) in [6, 6.07) is 5.73. The average molecular weight is 477 g/mol. The first kappa shape index (κ1) is 22.9. The monoisotopic (exact) mass is 476 g/mol. The maximum atomic E-state index is 12.4. The Labute approximate surface area is 203 Å². The molecule has 0 bridgehead atoms. The Morgan fingerprint density at radius 3 is 3.06 bits per heavy atom. The van der Waals surface area contributed by atoms with Crippen LogP contribution in [0.5, 0.6) is 5.88 Å². The van der Waals surface area contributed by atoms with Crippen LogP contribution in [-0.2, 0) is 20.6 Å². The zero-order valence-corrected chi connectivity index (χ0v) is 19.6. The van der Waals surface area contributed by atoms with E-state index >= 15 is 0 Å². The highest BCUT2D eigenvalue weighted by Crippen LogP contribution is 2.29. The fourth-order valence-electron chi connectivity index (χ4n) is 4.23. The number of aromatic nitrogens is 2. The average Bonchev–Trinajstić information content (AvgIpc) is 3.29. The third kappa shape index (κ3) is 5.30. The minimum Gasteiger partial charge on any atom is -0.481 e. The van der Waals surface area contributed by atoms with E-state index in [0.29, 0.717) is 30.6 Å². The Morgan fingerprint density at radius 2 is 2.20 bits per heavy atom. The summed E-state index contributed by atoms with van der Waals surface area (Å²) >= 11 is 0. The largest absolute Gasteiger partial charge is 0.481 e. The number of carbonyl (C=O) groups is 1. The molecule has 9 nitrogen and oxygen atoms in total.